The number of nitrogens with one attached hydrogen (secondary N) is 2. The monoisotopic (exact) mass is 220 g/mol. The van der Waals surface area contributed by atoms with Gasteiger partial charge in [0, 0.05) is 24.2 Å². The lowest BCUT2D eigenvalue weighted by Gasteiger charge is -2.25. The highest BCUT2D eigenvalue weighted by atomic mass is 15.2. The lowest BCUT2D eigenvalue weighted by molar-refractivity contribution is 0.377. The van der Waals surface area contributed by atoms with E-state index in [1.165, 1.54) is 12.6 Å². The predicted molar refractivity (Wildman–Crippen MR) is 68.1 cm³/mol. The summed E-state index contributed by atoms with van der Waals surface area (Å²) in [7, 11) is 0. The number of hydrogen-bond acceptors (Lipinski definition) is 4. The second kappa shape index (κ2) is 6.00. The lowest BCUT2D eigenvalue weighted by Crippen LogP contribution is -2.33. The van der Waals surface area contributed by atoms with Crippen LogP contribution in [-0.2, 0) is 0 Å². The van der Waals surface area contributed by atoms with Crippen LogP contribution in [0.1, 0.15) is 12.8 Å². The number of nitrogens with zero attached hydrogens (tertiary/aromatic N) is 1. The van der Waals surface area contributed by atoms with Crippen LogP contribution in [0.5, 0.6) is 0 Å². The molecule has 16 heavy (non-hydrogen) atoms. The Morgan fingerprint density at radius 1 is 1.62 bits per heavy atom. The van der Waals surface area contributed by atoms with Gasteiger partial charge < -0.3 is 21.4 Å². The van der Waals surface area contributed by atoms with Gasteiger partial charge in [-0.1, -0.05) is 13.2 Å². The molecule has 0 aliphatic carbocycles. The highest BCUT2D eigenvalue weighted by Gasteiger charge is 2.23. The molecule has 0 amide bonds. The van der Waals surface area contributed by atoms with Crippen LogP contribution < -0.4 is 11.1 Å². The molecule has 1 atom stereocenters. The van der Waals surface area contributed by atoms with Crippen LogP contribution in [0.4, 0.5) is 0 Å². The second-order valence-corrected chi connectivity index (χ2v) is 3.87. The number of rotatable bonds is 6. The lowest BCUT2D eigenvalue weighted by atomic mass is 10.1. The van der Waals surface area contributed by atoms with Gasteiger partial charge in [-0.05, 0) is 25.1 Å². The summed E-state index contributed by atoms with van der Waals surface area (Å²) in [5, 5.41) is 10.1. The van der Waals surface area contributed by atoms with E-state index >= 15 is 0 Å². The molecule has 0 aromatic rings. The van der Waals surface area contributed by atoms with Crippen molar-refractivity contribution < 1.29 is 0 Å². The molecule has 4 nitrogen and oxygen atoms in total. The van der Waals surface area contributed by atoms with Crippen LogP contribution in [0.2, 0.25) is 0 Å². The maximum Gasteiger partial charge on any atom is 0.0677 e. The van der Waals surface area contributed by atoms with Gasteiger partial charge in [0.1, 0.15) is 0 Å². The van der Waals surface area contributed by atoms with Gasteiger partial charge in [0.2, 0.25) is 0 Å². The quantitative estimate of drug-likeness (QED) is 0.589. The minimum atomic E-state index is 0.324. The first-order chi connectivity index (χ1) is 7.69. The molecule has 0 bridgehead atoms. The normalized spacial score (nSPS) is 20.6. The van der Waals surface area contributed by atoms with Crippen molar-refractivity contribution in [2.75, 3.05) is 13.1 Å². The first-order valence-electron chi connectivity index (χ1n) is 5.45. The molecule has 1 rings (SSSR count). The minimum absolute atomic E-state index is 0.324. The van der Waals surface area contributed by atoms with Gasteiger partial charge in [-0.3, -0.25) is 0 Å². The van der Waals surface area contributed by atoms with Gasteiger partial charge in [0.05, 0.1) is 12.6 Å². The Labute approximate surface area is 97.0 Å². The average Bonchev–Trinajstić information content (AvgIpc) is 2.74. The van der Waals surface area contributed by atoms with Gasteiger partial charge in [0.25, 0.3) is 0 Å². The zero-order chi connectivity index (χ0) is 12.0. The third kappa shape index (κ3) is 3.15. The number of hydrogen-bond donors (Lipinski definition) is 3. The fourth-order valence-corrected chi connectivity index (χ4v) is 1.88. The molecule has 4 heteroatoms. The Morgan fingerprint density at radius 2 is 2.38 bits per heavy atom. The van der Waals surface area contributed by atoms with Crippen molar-refractivity contribution in [1.29, 1.82) is 5.41 Å². The number of nitrogens with two attached hydrogens (primary N) is 1. The van der Waals surface area contributed by atoms with E-state index in [1.54, 1.807) is 6.08 Å². The topological polar surface area (TPSA) is 65.1 Å². The highest BCUT2D eigenvalue weighted by molar-refractivity contribution is 5.68. The summed E-state index contributed by atoms with van der Waals surface area (Å²) in [4.78, 5) is 2.19. The van der Waals surface area contributed by atoms with Crippen molar-refractivity contribution in [2.24, 2.45) is 5.73 Å². The number of allylic oxidation sites excluding steroid dienone is 1. The van der Waals surface area contributed by atoms with Crippen molar-refractivity contribution in [3.05, 3.63) is 36.8 Å². The van der Waals surface area contributed by atoms with E-state index < -0.39 is 0 Å². The van der Waals surface area contributed by atoms with Gasteiger partial charge in [-0.15, -0.1) is 0 Å². The Bertz CT molecular complexity index is 306. The molecule has 0 spiro atoms. The molecule has 88 valence electrons. The van der Waals surface area contributed by atoms with Crippen LogP contribution >= 0.6 is 0 Å². The molecule has 1 aliphatic rings. The fourth-order valence-electron chi connectivity index (χ4n) is 1.88. The minimum Gasteiger partial charge on any atom is -0.401 e. The highest BCUT2D eigenvalue weighted by Crippen LogP contribution is 2.21. The van der Waals surface area contributed by atoms with E-state index in [4.69, 9.17) is 11.1 Å². The van der Waals surface area contributed by atoms with Gasteiger partial charge in [0.15, 0.2) is 0 Å². The van der Waals surface area contributed by atoms with Crippen LogP contribution in [0.25, 0.3) is 0 Å². The standard InChI is InChI=1S/C12H20N4/c1-3-16-8-4-5-12(16)10(2)15-9-11(14)6-7-13/h3,6-7,12-13,15H,1-2,4-5,8-9,14H2/b11-6-,13-7?. The van der Waals surface area contributed by atoms with Crippen molar-refractivity contribution in [3.8, 4) is 0 Å². The predicted octanol–water partition coefficient (Wildman–Crippen LogP) is 1.19. The Kier molecular flexibility index (Phi) is 4.64. The molecule has 1 saturated heterocycles. The Morgan fingerprint density at radius 3 is 3.00 bits per heavy atom. The van der Waals surface area contributed by atoms with E-state index in [0.717, 1.165) is 18.7 Å². The average molecular weight is 220 g/mol. The molecule has 0 saturated carbocycles. The maximum atomic E-state index is 6.89. The second-order valence-electron chi connectivity index (χ2n) is 3.87. The molecular formula is C12H20N4. The van der Waals surface area contributed by atoms with Crippen LogP contribution in [0.15, 0.2) is 36.8 Å². The zero-order valence-electron chi connectivity index (χ0n) is 9.58. The molecule has 1 aliphatic heterocycles. The summed E-state index contributed by atoms with van der Waals surface area (Å²) >= 11 is 0. The van der Waals surface area contributed by atoms with Crippen LogP contribution in [0.3, 0.4) is 0 Å². The van der Waals surface area contributed by atoms with E-state index in [2.05, 4.69) is 23.4 Å². The molecule has 1 fully saturated rings. The van der Waals surface area contributed by atoms with E-state index in [1.807, 2.05) is 6.20 Å². The third-order valence-corrected chi connectivity index (χ3v) is 2.75. The van der Waals surface area contributed by atoms with E-state index in [9.17, 15) is 0 Å². The van der Waals surface area contributed by atoms with Crippen molar-refractivity contribution in [3.63, 3.8) is 0 Å². The van der Waals surface area contributed by atoms with Crippen LogP contribution in [-0.4, -0.2) is 30.2 Å². The molecule has 4 N–H and O–H groups in total. The van der Waals surface area contributed by atoms with Crippen molar-refractivity contribution in [1.82, 2.24) is 10.2 Å². The summed E-state index contributed by atoms with van der Waals surface area (Å²) < 4.78 is 0. The molecule has 1 unspecified atom stereocenters. The summed E-state index contributed by atoms with van der Waals surface area (Å²) in [6, 6.07) is 0.324. The first-order valence-corrected chi connectivity index (χ1v) is 5.45. The summed E-state index contributed by atoms with van der Waals surface area (Å²) in [6.07, 6.45) is 6.89. The maximum absolute atomic E-state index is 6.89. The van der Waals surface area contributed by atoms with Crippen molar-refractivity contribution >= 4 is 6.21 Å². The van der Waals surface area contributed by atoms with E-state index in [-0.39, 0.29) is 0 Å². The third-order valence-electron chi connectivity index (χ3n) is 2.75. The number of likely N-dealkylation sites (tertiary alicyclic amines) is 1. The van der Waals surface area contributed by atoms with Crippen LogP contribution in [0, 0.1) is 5.41 Å². The first kappa shape index (κ1) is 12.4. The molecule has 1 heterocycles. The largest absolute Gasteiger partial charge is 0.401 e. The molecule has 0 radical (unpaired) electrons. The zero-order valence-corrected chi connectivity index (χ0v) is 9.58. The summed E-state index contributed by atoms with van der Waals surface area (Å²) in [6.45, 7) is 9.40. The van der Waals surface area contributed by atoms with Gasteiger partial charge >= 0.3 is 0 Å². The van der Waals surface area contributed by atoms with Crippen molar-refractivity contribution in [2.45, 2.75) is 18.9 Å². The SMILES string of the molecule is C=CN1CCCC1C(=C)NC/C(N)=C/C=N. The molecule has 0 aromatic heterocycles. The van der Waals surface area contributed by atoms with Gasteiger partial charge in [-0.2, -0.15) is 0 Å². The molecular weight excluding hydrogens is 200 g/mol. The Balaban J connectivity index is 2.43. The summed E-state index contributed by atoms with van der Waals surface area (Å²) in [5.74, 6) is 0. The molecule has 0 aromatic carbocycles. The Hall–Kier alpha value is -1.71. The summed E-state index contributed by atoms with van der Waals surface area (Å²) in [5.41, 5.74) is 7.28. The van der Waals surface area contributed by atoms with Gasteiger partial charge in [-0.25, -0.2) is 0 Å². The fraction of sp³-hybridized carbons (Fsp3) is 0.417. The smallest absolute Gasteiger partial charge is 0.0677 e. The van der Waals surface area contributed by atoms with E-state index in [0.29, 0.717) is 18.3 Å².